The number of para-hydroxylation sites is 2. The molecule has 1 aromatic carbocycles. The van der Waals surface area contributed by atoms with E-state index in [2.05, 4.69) is 29.9 Å². The molecule has 134 valence electrons. The Bertz CT molecular complexity index is 728. The Hall–Kier alpha value is -2.50. The molecule has 1 amide bonds. The number of carbonyl (C=O) groups excluding carboxylic acids is 1. The van der Waals surface area contributed by atoms with Crippen LogP contribution in [0.2, 0.25) is 0 Å². The lowest BCUT2D eigenvalue weighted by atomic mass is 10.1. The number of rotatable bonds is 5. The highest BCUT2D eigenvalue weighted by Gasteiger charge is 2.30. The molecule has 0 saturated carbocycles. The molecule has 1 saturated heterocycles. The molecular formula is C19H26N4O2. The van der Waals surface area contributed by atoms with Gasteiger partial charge in [0.15, 0.2) is 0 Å². The number of hydrogen-bond donors (Lipinski definition) is 0. The first-order valence-corrected chi connectivity index (χ1v) is 8.86. The van der Waals surface area contributed by atoms with E-state index < -0.39 is 0 Å². The predicted octanol–water partition coefficient (Wildman–Crippen LogP) is 2.65. The second kappa shape index (κ2) is 7.59. The maximum atomic E-state index is 13.0. The van der Waals surface area contributed by atoms with Crippen LogP contribution in [0.3, 0.4) is 0 Å². The molecule has 2 aromatic rings. The summed E-state index contributed by atoms with van der Waals surface area (Å²) in [7, 11) is 1.69. The van der Waals surface area contributed by atoms with Crippen molar-refractivity contribution in [3.05, 3.63) is 42.2 Å². The van der Waals surface area contributed by atoms with Gasteiger partial charge < -0.3 is 14.5 Å². The number of aromatic nitrogens is 2. The van der Waals surface area contributed by atoms with Crippen LogP contribution in [0, 0.1) is 0 Å². The summed E-state index contributed by atoms with van der Waals surface area (Å²) in [5.41, 5.74) is 1.76. The van der Waals surface area contributed by atoms with Crippen LogP contribution in [0.15, 0.2) is 36.5 Å². The Balaban J connectivity index is 1.73. The predicted molar refractivity (Wildman–Crippen MR) is 98.2 cm³/mol. The average Bonchev–Trinajstić information content (AvgIpc) is 3.09. The zero-order chi connectivity index (χ0) is 17.8. The van der Waals surface area contributed by atoms with Crippen LogP contribution in [-0.2, 0) is 6.54 Å². The standard InChI is InChI=1S/C19H26N4O2/c1-4-11-23-17(9-10-20-23)19(24)22-13-12-21(14-15(22)2)16-7-5-6-8-18(16)25-3/h5-10,15H,4,11-14H2,1-3H3. The highest BCUT2D eigenvalue weighted by Crippen LogP contribution is 2.29. The molecule has 1 aliphatic rings. The molecule has 3 rings (SSSR count). The molecule has 1 aliphatic heterocycles. The van der Waals surface area contributed by atoms with Crippen LogP contribution in [0.4, 0.5) is 5.69 Å². The SMILES string of the molecule is CCCn1nccc1C(=O)N1CCN(c2ccccc2OC)CC1C. The van der Waals surface area contributed by atoms with Gasteiger partial charge in [-0.1, -0.05) is 19.1 Å². The van der Waals surface area contributed by atoms with Crippen LogP contribution in [0.1, 0.15) is 30.8 Å². The minimum atomic E-state index is 0.0677. The quantitative estimate of drug-likeness (QED) is 0.838. The third kappa shape index (κ3) is 3.48. The normalized spacial score (nSPS) is 17.6. The average molecular weight is 342 g/mol. The number of carbonyl (C=O) groups is 1. The van der Waals surface area contributed by atoms with Crippen LogP contribution >= 0.6 is 0 Å². The molecule has 6 heteroatoms. The lowest BCUT2D eigenvalue weighted by Gasteiger charge is -2.41. The number of methoxy groups -OCH3 is 1. The smallest absolute Gasteiger partial charge is 0.272 e. The van der Waals surface area contributed by atoms with Crippen molar-refractivity contribution in [1.82, 2.24) is 14.7 Å². The summed E-state index contributed by atoms with van der Waals surface area (Å²) in [5, 5.41) is 4.27. The molecule has 1 atom stereocenters. The summed E-state index contributed by atoms with van der Waals surface area (Å²) in [6, 6.07) is 9.97. The van der Waals surface area contributed by atoms with Crippen LogP contribution in [0.25, 0.3) is 0 Å². The molecule has 0 N–H and O–H groups in total. The van der Waals surface area contributed by atoms with E-state index in [1.165, 1.54) is 0 Å². The minimum Gasteiger partial charge on any atom is -0.495 e. The lowest BCUT2D eigenvalue weighted by molar-refractivity contribution is 0.0661. The number of benzene rings is 1. The third-order valence-electron chi connectivity index (χ3n) is 4.69. The van der Waals surface area contributed by atoms with Gasteiger partial charge in [-0.05, 0) is 31.5 Å². The fourth-order valence-electron chi connectivity index (χ4n) is 3.42. The Kier molecular flexibility index (Phi) is 5.26. The Morgan fingerprint density at radius 1 is 1.28 bits per heavy atom. The zero-order valence-corrected chi connectivity index (χ0v) is 15.2. The van der Waals surface area contributed by atoms with Gasteiger partial charge in [0, 0.05) is 38.4 Å². The monoisotopic (exact) mass is 342 g/mol. The fourth-order valence-corrected chi connectivity index (χ4v) is 3.42. The topological polar surface area (TPSA) is 50.6 Å². The van der Waals surface area contributed by atoms with Gasteiger partial charge in [-0.25, -0.2) is 0 Å². The molecule has 6 nitrogen and oxygen atoms in total. The summed E-state index contributed by atoms with van der Waals surface area (Å²) in [6.45, 7) is 7.22. The summed E-state index contributed by atoms with van der Waals surface area (Å²) in [5.74, 6) is 0.939. The maximum absolute atomic E-state index is 13.0. The van der Waals surface area contributed by atoms with E-state index in [0.717, 1.165) is 37.5 Å². The van der Waals surface area contributed by atoms with E-state index in [9.17, 15) is 4.79 Å². The molecule has 1 fully saturated rings. The van der Waals surface area contributed by atoms with Gasteiger partial charge in [0.05, 0.1) is 12.8 Å². The Morgan fingerprint density at radius 3 is 2.80 bits per heavy atom. The van der Waals surface area contributed by atoms with E-state index in [4.69, 9.17) is 4.74 Å². The summed E-state index contributed by atoms with van der Waals surface area (Å²) < 4.78 is 7.28. The highest BCUT2D eigenvalue weighted by atomic mass is 16.5. The number of anilines is 1. The lowest BCUT2D eigenvalue weighted by Crippen LogP contribution is -2.54. The van der Waals surface area contributed by atoms with Gasteiger partial charge in [-0.15, -0.1) is 0 Å². The summed E-state index contributed by atoms with van der Waals surface area (Å²) in [6.07, 6.45) is 2.66. The van der Waals surface area contributed by atoms with E-state index >= 15 is 0 Å². The van der Waals surface area contributed by atoms with Gasteiger partial charge >= 0.3 is 0 Å². The number of nitrogens with zero attached hydrogens (tertiary/aromatic N) is 4. The fraction of sp³-hybridized carbons (Fsp3) is 0.474. The van der Waals surface area contributed by atoms with Crippen molar-refractivity contribution in [2.75, 3.05) is 31.6 Å². The van der Waals surface area contributed by atoms with E-state index in [1.807, 2.05) is 33.8 Å². The first kappa shape index (κ1) is 17.3. The van der Waals surface area contributed by atoms with Crippen molar-refractivity contribution >= 4 is 11.6 Å². The van der Waals surface area contributed by atoms with Gasteiger partial charge in [-0.2, -0.15) is 5.10 Å². The molecule has 2 heterocycles. The molecule has 0 spiro atoms. The summed E-state index contributed by atoms with van der Waals surface area (Å²) in [4.78, 5) is 17.2. The maximum Gasteiger partial charge on any atom is 0.272 e. The minimum absolute atomic E-state index is 0.0677. The van der Waals surface area contributed by atoms with E-state index in [-0.39, 0.29) is 11.9 Å². The molecule has 0 bridgehead atoms. The molecular weight excluding hydrogens is 316 g/mol. The van der Waals surface area contributed by atoms with Crippen molar-refractivity contribution < 1.29 is 9.53 Å². The molecule has 1 unspecified atom stereocenters. The van der Waals surface area contributed by atoms with Crippen LogP contribution in [0.5, 0.6) is 5.75 Å². The van der Waals surface area contributed by atoms with Crippen molar-refractivity contribution in [2.45, 2.75) is 32.9 Å². The number of amides is 1. The number of hydrogen-bond acceptors (Lipinski definition) is 4. The Morgan fingerprint density at radius 2 is 2.08 bits per heavy atom. The third-order valence-corrected chi connectivity index (χ3v) is 4.69. The largest absolute Gasteiger partial charge is 0.495 e. The molecule has 1 aromatic heterocycles. The number of piperazine rings is 1. The molecule has 0 aliphatic carbocycles. The number of ether oxygens (including phenoxy) is 1. The van der Waals surface area contributed by atoms with Crippen LogP contribution in [-0.4, -0.2) is 53.4 Å². The van der Waals surface area contributed by atoms with Crippen molar-refractivity contribution in [3.8, 4) is 5.75 Å². The van der Waals surface area contributed by atoms with E-state index in [1.54, 1.807) is 13.3 Å². The Labute approximate surface area is 149 Å². The first-order valence-electron chi connectivity index (χ1n) is 8.86. The van der Waals surface area contributed by atoms with Gasteiger partial charge in [0.25, 0.3) is 5.91 Å². The van der Waals surface area contributed by atoms with Crippen molar-refractivity contribution in [1.29, 1.82) is 0 Å². The van der Waals surface area contributed by atoms with Gasteiger partial charge in [-0.3, -0.25) is 9.48 Å². The van der Waals surface area contributed by atoms with E-state index in [0.29, 0.717) is 12.2 Å². The second-order valence-corrected chi connectivity index (χ2v) is 6.41. The molecule has 25 heavy (non-hydrogen) atoms. The zero-order valence-electron chi connectivity index (χ0n) is 15.2. The van der Waals surface area contributed by atoms with Crippen molar-refractivity contribution in [3.63, 3.8) is 0 Å². The summed E-state index contributed by atoms with van der Waals surface area (Å²) >= 11 is 0. The second-order valence-electron chi connectivity index (χ2n) is 6.41. The van der Waals surface area contributed by atoms with Gasteiger partial charge in [0.1, 0.15) is 11.4 Å². The first-order chi connectivity index (χ1) is 12.2. The van der Waals surface area contributed by atoms with Gasteiger partial charge in [0.2, 0.25) is 0 Å². The highest BCUT2D eigenvalue weighted by molar-refractivity contribution is 5.93. The number of aryl methyl sites for hydroxylation is 1. The van der Waals surface area contributed by atoms with Crippen molar-refractivity contribution in [2.24, 2.45) is 0 Å². The van der Waals surface area contributed by atoms with Crippen LogP contribution < -0.4 is 9.64 Å². The molecule has 0 radical (unpaired) electrons.